The molecule has 0 saturated carbocycles. The molecule has 0 N–H and O–H groups in total. The molecule has 0 heteroatoms. The largest absolute Gasteiger partial charge is 0.0619 e. The number of rotatable bonds is 0. The van der Waals surface area contributed by atoms with E-state index in [-0.39, 0.29) is 0 Å². The van der Waals surface area contributed by atoms with Crippen LogP contribution in [-0.2, 0) is 0 Å². The maximum absolute atomic E-state index is 2.35. The summed E-state index contributed by atoms with van der Waals surface area (Å²) in [5, 5.41) is 2.75. The molecule has 3 aliphatic carbocycles. The first-order chi connectivity index (χ1) is 8.42. The fourth-order valence-corrected chi connectivity index (χ4v) is 2.82. The summed E-state index contributed by atoms with van der Waals surface area (Å²) in [5.74, 6) is 0. The standard InChI is InChI=1S/C17H12/c1-2-6-13-10-15-8-4-3-7-14-9-12(5-1)16(13)11-17(14)15/h1-9,11H,10H2. The molecule has 0 spiro atoms. The van der Waals surface area contributed by atoms with Gasteiger partial charge < -0.3 is 0 Å². The van der Waals surface area contributed by atoms with Gasteiger partial charge in [-0.25, -0.2) is 0 Å². The van der Waals surface area contributed by atoms with Gasteiger partial charge in [0.05, 0.1) is 0 Å². The number of hydrogen-bond acceptors (Lipinski definition) is 0. The van der Waals surface area contributed by atoms with Crippen molar-refractivity contribution in [2.24, 2.45) is 0 Å². The zero-order valence-electron chi connectivity index (χ0n) is 9.48. The van der Waals surface area contributed by atoms with E-state index >= 15 is 0 Å². The summed E-state index contributed by atoms with van der Waals surface area (Å²) in [6.45, 7) is 0. The van der Waals surface area contributed by atoms with Gasteiger partial charge >= 0.3 is 0 Å². The summed E-state index contributed by atoms with van der Waals surface area (Å²) in [6, 6.07) is 4.65. The van der Waals surface area contributed by atoms with Crippen molar-refractivity contribution in [3.05, 3.63) is 70.2 Å². The molecule has 0 nitrogen and oxygen atoms in total. The highest BCUT2D eigenvalue weighted by molar-refractivity contribution is 5.85. The monoisotopic (exact) mass is 216 g/mol. The van der Waals surface area contributed by atoms with E-state index in [0.717, 1.165) is 6.42 Å². The van der Waals surface area contributed by atoms with E-state index in [9.17, 15) is 0 Å². The van der Waals surface area contributed by atoms with Crippen LogP contribution in [0.15, 0.2) is 48.6 Å². The number of hydrogen-bond donors (Lipinski definition) is 0. The molecule has 0 fully saturated rings. The average molecular weight is 216 g/mol. The Kier molecular flexibility index (Phi) is 1.70. The average Bonchev–Trinajstić information content (AvgIpc) is 2.69. The Bertz CT molecular complexity index is 750. The zero-order chi connectivity index (χ0) is 11.2. The fraction of sp³-hybridized carbons (Fsp3) is 0.0588. The molecule has 80 valence electrons. The van der Waals surface area contributed by atoms with Crippen LogP contribution in [0.5, 0.6) is 0 Å². The summed E-state index contributed by atoms with van der Waals surface area (Å²) in [7, 11) is 0. The maximum Gasteiger partial charge on any atom is -0.00135 e. The summed E-state index contributed by atoms with van der Waals surface area (Å²) in [5.41, 5.74) is 5.62. The van der Waals surface area contributed by atoms with Crippen molar-refractivity contribution in [1.82, 2.24) is 0 Å². The first-order valence-corrected chi connectivity index (χ1v) is 6.02. The van der Waals surface area contributed by atoms with E-state index < -0.39 is 0 Å². The highest BCUT2D eigenvalue weighted by Crippen LogP contribution is 2.26. The Morgan fingerprint density at radius 2 is 1.71 bits per heavy atom. The molecule has 17 heavy (non-hydrogen) atoms. The van der Waals surface area contributed by atoms with Gasteiger partial charge in [0.15, 0.2) is 0 Å². The van der Waals surface area contributed by atoms with Crippen molar-refractivity contribution in [2.75, 3.05) is 0 Å². The summed E-state index contributed by atoms with van der Waals surface area (Å²) < 4.78 is 0. The lowest BCUT2D eigenvalue weighted by Gasteiger charge is -2.16. The van der Waals surface area contributed by atoms with Crippen molar-refractivity contribution in [1.29, 1.82) is 0 Å². The molecule has 4 rings (SSSR count). The van der Waals surface area contributed by atoms with E-state index in [0.29, 0.717) is 0 Å². The van der Waals surface area contributed by atoms with Crippen LogP contribution in [0.2, 0.25) is 0 Å². The second kappa shape index (κ2) is 3.21. The molecule has 0 amide bonds. The van der Waals surface area contributed by atoms with Crippen molar-refractivity contribution in [2.45, 2.75) is 6.42 Å². The normalized spacial score (nSPS) is 18.4. The Morgan fingerprint density at radius 1 is 0.824 bits per heavy atom. The van der Waals surface area contributed by atoms with E-state index in [2.05, 4.69) is 60.7 Å². The van der Waals surface area contributed by atoms with Crippen molar-refractivity contribution >= 4 is 23.3 Å². The Labute approximate surface area is 100 Å². The van der Waals surface area contributed by atoms with Gasteiger partial charge in [-0.3, -0.25) is 0 Å². The molecule has 0 unspecified atom stereocenters. The van der Waals surface area contributed by atoms with Crippen molar-refractivity contribution in [3.8, 4) is 0 Å². The van der Waals surface area contributed by atoms with Gasteiger partial charge in [-0.1, -0.05) is 48.6 Å². The first kappa shape index (κ1) is 9.00. The molecular formula is C17H12. The van der Waals surface area contributed by atoms with Gasteiger partial charge in [-0.15, -0.1) is 0 Å². The second-order valence-electron chi connectivity index (χ2n) is 4.69. The molecule has 1 aromatic rings. The van der Waals surface area contributed by atoms with Crippen LogP contribution < -0.4 is 10.4 Å². The molecule has 0 aromatic heterocycles. The molecule has 2 bridgehead atoms. The predicted molar refractivity (Wildman–Crippen MR) is 73.5 cm³/mol. The van der Waals surface area contributed by atoms with Crippen LogP contribution in [0.4, 0.5) is 0 Å². The topological polar surface area (TPSA) is 0 Å². The highest BCUT2D eigenvalue weighted by atomic mass is 14.2. The quantitative estimate of drug-likeness (QED) is 0.625. The lowest BCUT2D eigenvalue weighted by atomic mass is 9.87. The van der Waals surface area contributed by atoms with Crippen LogP contribution in [0, 0.1) is 0 Å². The minimum atomic E-state index is 1.05. The lowest BCUT2D eigenvalue weighted by Crippen LogP contribution is -2.23. The molecular weight excluding hydrogens is 204 g/mol. The number of benzene rings is 1. The van der Waals surface area contributed by atoms with Crippen LogP contribution >= 0.6 is 0 Å². The van der Waals surface area contributed by atoms with Crippen LogP contribution in [0.3, 0.4) is 0 Å². The summed E-state index contributed by atoms with van der Waals surface area (Å²) in [4.78, 5) is 0. The minimum Gasteiger partial charge on any atom is -0.0619 e. The fourth-order valence-electron chi connectivity index (χ4n) is 2.82. The van der Waals surface area contributed by atoms with Gasteiger partial charge in [0, 0.05) is 0 Å². The van der Waals surface area contributed by atoms with Crippen LogP contribution in [-0.4, -0.2) is 0 Å². The third-order valence-corrected chi connectivity index (χ3v) is 3.66. The summed E-state index contributed by atoms with van der Waals surface area (Å²) >= 11 is 0. The van der Waals surface area contributed by atoms with E-state index in [1.165, 1.54) is 32.7 Å². The molecule has 1 aromatic carbocycles. The van der Waals surface area contributed by atoms with Crippen molar-refractivity contribution < 1.29 is 0 Å². The summed E-state index contributed by atoms with van der Waals surface area (Å²) in [6.07, 6.45) is 18.5. The van der Waals surface area contributed by atoms with Gasteiger partial charge in [0.25, 0.3) is 0 Å². The zero-order valence-corrected chi connectivity index (χ0v) is 9.48. The van der Waals surface area contributed by atoms with Crippen LogP contribution in [0.1, 0.15) is 17.5 Å². The lowest BCUT2D eigenvalue weighted by molar-refractivity contribution is 1.30. The van der Waals surface area contributed by atoms with Gasteiger partial charge in [0.1, 0.15) is 0 Å². The van der Waals surface area contributed by atoms with E-state index in [4.69, 9.17) is 0 Å². The minimum absolute atomic E-state index is 1.05. The first-order valence-electron chi connectivity index (χ1n) is 6.02. The molecule has 3 aliphatic rings. The molecule has 0 saturated heterocycles. The van der Waals surface area contributed by atoms with Gasteiger partial charge in [-0.2, -0.15) is 0 Å². The van der Waals surface area contributed by atoms with Crippen molar-refractivity contribution in [3.63, 3.8) is 0 Å². The number of allylic oxidation sites excluding steroid dienone is 7. The van der Waals surface area contributed by atoms with E-state index in [1.54, 1.807) is 0 Å². The third kappa shape index (κ3) is 1.24. The second-order valence-corrected chi connectivity index (χ2v) is 4.69. The van der Waals surface area contributed by atoms with E-state index in [1.807, 2.05) is 0 Å². The van der Waals surface area contributed by atoms with Gasteiger partial charge in [-0.05, 0) is 51.3 Å². The SMILES string of the molecule is C1=CC=c2cc3c4cc2C(=C1)CC=4C=CC=C3. The Morgan fingerprint density at radius 3 is 2.71 bits per heavy atom. The maximum atomic E-state index is 2.35. The molecule has 0 atom stereocenters. The highest BCUT2D eigenvalue weighted by Gasteiger charge is 2.15. The smallest absolute Gasteiger partial charge is 0.00135 e. The Balaban J connectivity index is 2.23. The van der Waals surface area contributed by atoms with Gasteiger partial charge in [0.2, 0.25) is 0 Å². The molecule has 0 heterocycles. The molecule has 0 aliphatic heterocycles. The van der Waals surface area contributed by atoms with Crippen LogP contribution in [0.25, 0.3) is 23.3 Å². The predicted octanol–water partition coefficient (Wildman–Crippen LogP) is 2.56. The Hall–Kier alpha value is -2.08. The molecule has 0 radical (unpaired) electrons. The third-order valence-electron chi connectivity index (χ3n) is 3.66.